The fraction of sp³-hybridized carbons (Fsp3) is 0.625. The van der Waals surface area contributed by atoms with E-state index in [1.807, 2.05) is 24.3 Å². The Hall–Kier alpha value is -1.31. The van der Waals surface area contributed by atoms with Crippen LogP contribution < -0.4 is 9.64 Å². The number of ether oxygens (including phenoxy) is 1. The van der Waals surface area contributed by atoms with Crippen molar-refractivity contribution in [1.29, 1.82) is 0 Å². The van der Waals surface area contributed by atoms with Crippen molar-refractivity contribution >= 4 is 15.8 Å². The van der Waals surface area contributed by atoms with Crippen LogP contribution in [0.25, 0.3) is 0 Å². The van der Waals surface area contributed by atoms with E-state index in [4.69, 9.17) is 9.29 Å². The summed E-state index contributed by atoms with van der Waals surface area (Å²) in [5.74, 6) is 0.553. The molecular formula is C16H29N2O4S+. The lowest BCUT2D eigenvalue weighted by atomic mass is 10.2. The second kappa shape index (κ2) is 8.52. The maximum atomic E-state index is 10.9. The van der Waals surface area contributed by atoms with E-state index in [-0.39, 0.29) is 5.75 Å². The Morgan fingerprint density at radius 1 is 1.17 bits per heavy atom. The summed E-state index contributed by atoms with van der Waals surface area (Å²) in [5, 5.41) is 0. The minimum atomic E-state index is -3.91. The Morgan fingerprint density at radius 3 is 2.39 bits per heavy atom. The Bertz CT molecular complexity index is 582. The first-order chi connectivity index (χ1) is 10.6. The van der Waals surface area contributed by atoms with E-state index in [9.17, 15) is 8.42 Å². The predicted molar refractivity (Wildman–Crippen MR) is 93.8 cm³/mol. The van der Waals surface area contributed by atoms with E-state index in [0.717, 1.165) is 35.4 Å². The van der Waals surface area contributed by atoms with Gasteiger partial charge in [0.25, 0.3) is 10.1 Å². The van der Waals surface area contributed by atoms with Gasteiger partial charge in [0, 0.05) is 31.3 Å². The van der Waals surface area contributed by atoms with Crippen LogP contribution in [0.2, 0.25) is 0 Å². The fourth-order valence-corrected chi connectivity index (χ4v) is 2.84. The molecule has 6 nitrogen and oxygen atoms in total. The molecule has 1 aromatic carbocycles. The van der Waals surface area contributed by atoms with Crippen molar-refractivity contribution in [2.45, 2.75) is 12.8 Å². The van der Waals surface area contributed by atoms with E-state index < -0.39 is 10.1 Å². The van der Waals surface area contributed by atoms with E-state index in [1.165, 1.54) is 0 Å². The molecule has 0 aromatic heterocycles. The molecule has 0 amide bonds. The molecule has 1 aromatic rings. The van der Waals surface area contributed by atoms with Gasteiger partial charge in [-0.25, -0.2) is 0 Å². The highest BCUT2D eigenvalue weighted by molar-refractivity contribution is 7.85. The molecule has 0 bridgehead atoms. The second-order valence-corrected chi connectivity index (χ2v) is 8.27. The molecule has 7 heteroatoms. The highest BCUT2D eigenvalue weighted by atomic mass is 32.2. The van der Waals surface area contributed by atoms with E-state index in [2.05, 4.69) is 26.0 Å². The van der Waals surface area contributed by atoms with Crippen molar-refractivity contribution in [1.82, 2.24) is 0 Å². The van der Waals surface area contributed by atoms with Crippen molar-refractivity contribution < 1.29 is 22.2 Å². The summed E-state index contributed by atoms with van der Waals surface area (Å²) in [7, 11) is 4.15. The molecule has 0 unspecified atom stereocenters. The molecule has 0 aliphatic heterocycles. The number of methoxy groups -OCH3 is 1. The van der Waals surface area contributed by atoms with Gasteiger partial charge in [0.2, 0.25) is 0 Å². The zero-order valence-electron chi connectivity index (χ0n) is 14.5. The first-order valence-corrected chi connectivity index (χ1v) is 9.36. The minimum absolute atomic E-state index is 0.219. The molecular weight excluding hydrogens is 316 g/mol. The summed E-state index contributed by atoms with van der Waals surface area (Å²) >= 11 is 0. The zero-order valence-corrected chi connectivity index (χ0v) is 15.3. The molecule has 1 N–H and O–H groups in total. The maximum Gasteiger partial charge on any atom is 0.264 e. The Labute approximate surface area is 140 Å². The van der Waals surface area contributed by atoms with Crippen LogP contribution in [0.15, 0.2) is 24.3 Å². The van der Waals surface area contributed by atoms with Gasteiger partial charge in [0.15, 0.2) is 0 Å². The van der Waals surface area contributed by atoms with Crippen molar-refractivity contribution in [2.75, 3.05) is 58.5 Å². The topological polar surface area (TPSA) is 66.8 Å². The highest BCUT2D eigenvalue weighted by Crippen LogP contribution is 2.21. The first-order valence-electron chi connectivity index (χ1n) is 7.75. The molecule has 0 fully saturated rings. The summed E-state index contributed by atoms with van der Waals surface area (Å²) in [6.45, 7) is 2.43. The van der Waals surface area contributed by atoms with Crippen LogP contribution in [0.1, 0.15) is 12.8 Å². The van der Waals surface area contributed by atoms with Gasteiger partial charge in [-0.3, -0.25) is 4.55 Å². The van der Waals surface area contributed by atoms with Crippen molar-refractivity contribution in [3.8, 4) is 5.75 Å². The van der Waals surface area contributed by atoms with E-state index in [0.29, 0.717) is 13.0 Å². The van der Waals surface area contributed by atoms with Crippen LogP contribution in [-0.2, 0) is 10.1 Å². The van der Waals surface area contributed by atoms with Crippen LogP contribution in [0, 0.1) is 0 Å². The molecule has 0 aliphatic rings. The number of nitrogens with zero attached hydrogens (tertiary/aromatic N) is 2. The average molecular weight is 345 g/mol. The smallest absolute Gasteiger partial charge is 0.264 e. The fourth-order valence-electron chi connectivity index (χ4n) is 2.35. The molecule has 0 saturated carbocycles. The van der Waals surface area contributed by atoms with Crippen LogP contribution in [0.4, 0.5) is 5.69 Å². The third kappa shape index (κ3) is 8.78. The summed E-state index contributed by atoms with van der Waals surface area (Å²) < 4.78 is 36.9. The lowest BCUT2D eigenvalue weighted by molar-refractivity contribution is -0.870. The number of quaternary nitrogens is 1. The van der Waals surface area contributed by atoms with Gasteiger partial charge >= 0.3 is 0 Å². The van der Waals surface area contributed by atoms with Gasteiger partial charge in [-0.05, 0) is 18.6 Å². The Kier molecular flexibility index (Phi) is 7.31. The standard InChI is InChI=1S/C16H28N2O4S/c1-18(2,3)12-6-10-17(11-7-13-23(19,20)21)15-8-5-9-16(14-15)22-4/h5,8-9,14H,6-7,10-13H2,1-4H3/p+1. The van der Waals surface area contributed by atoms with Crippen LogP contribution in [0.5, 0.6) is 5.75 Å². The van der Waals surface area contributed by atoms with Crippen LogP contribution in [-0.4, -0.2) is 71.1 Å². The number of benzene rings is 1. The molecule has 0 spiro atoms. The first kappa shape index (κ1) is 19.7. The largest absolute Gasteiger partial charge is 0.497 e. The monoisotopic (exact) mass is 345 g/mol. The lowest BCUT2D eigenvalue weighted by Gasteiger charge is -2.28. The molecule has 0 heterocycles. The molecule has 0 saturated heterocycles. The summed E-state index contributed by atoms with van der Waals surface area (Å²) in [6.07, 6.45) is 1.38. The Morgan fingerprint density at radius 2 is 1.83 bits per heavy atom. The SMILES string of the molecule is COc1cccc(N(CCC[N+](C)(C)C)CCCS(=O)(=O)O)c1. The maximum absolute atomic E-state index is 10.9. The van der Waals surface area contributed by atoms with Gasteiger partial charge in [-0.1, -0.05) is 6.07 Å². The van der Waals surface area contributed by atoms with Gasteiger partial charge in [0.05, 0.1) is 40.6 Å². The molecule has 0 radical (unpaired) electrons. The molecule has 23 heavy (non-hydrogen) atoms. The average Bonchev–Trinajstić information content (AvgIpc) is 2.43. The van der Waals surface area contributed by atoms with Crippen molar-refractivity contribution in [3.05, 3.63) is 24.3 Å². The predicted octanol–water partition coefficient (Wildman–Crippen LogP) is 1.88. The number of hydrogen-bond acceptors (Lipinski definition) is 4. The van der Waals surface area contributed by atoms with Crippen LogP contribution in [0.3, 0.4) is 0 Å². The molecule has 0 aliphatic carbocycles. The Balaban J connectivity index is 2.74. The van der Waals surface area contributed by atoms with Gasteiger partial charge in [0.1, 0.15) is 5.75 Å². The summed E-state index contributed by atoms with van der Waals surface area (Å²) in [6, 6.07) is 7.73. The minimum Gasteiger partial charge on any atom is -0.497 e. The summed E-state index contributed by atoms with van der Waals surface area (Å²) in [4.78, 5) is 2.14. The quantitative estimate of drug-likeness (QED) is 0.518. The number of rotatable bonds is 10. The summed E-state index contributed by atoms with van der Waals surface area (Å²) in [5.41, 5.74) is 1.00. The van der Waals surface area contributed by atoms with Crippen molar-refractivity contribution in [2.24, 2.45) is 0 Å². The van der Waals surface area contributed by atoms with E-state index >= 15 is 0 Å². The van der Waals surface area contributed by atoms with E-state index in [1.54, 1.807) is 7.11 Å². The third-order valence-electron chi connectivity index (χ3n) is 3.51. The normalized spacial score (nSPS) is 12.2. The number of anilines is 1. The second-order valence-electron chi connectivity index (χ2n) is 6.70. The molecule has 0 atom stereocenters. The lowest BCUT2D eigenvalue weighted by Crippen LogP contribution is -2.38. The number of hydrogen-bond donors (Lipinski definition) is 1. The van der Waals surface area contributed by atoms with Gasteiger partial charge in [-0.15, -0.1) is 0 Å². The van der Waals surface area contributed by atoms with Crippen LogP contribution >= 0.6 is 0 Å². The molecule has 132 valence electrons. The van der Waals surface area contributed by atoms with Gasteiger partial charge in [-0.2, -0.15) is 8.42 Å². The van der Waals surface area contributed by atoms with Gasteiger partial charge < -0.3 is 14.1 Å². The third-order valence-corrected chi connectivity index (χ3v) is 4.31. The van der Waals surface area contributed by atoms with Crippen molar-refractivity contribution in [3.63, 3.8) is 0 Å². The molecule has 1 rings (SSSR count). The zero-order chi connectivity index (χ0) is 17.5. The highest BCUT2D eigenvalue weighted by Gasteiger charge is 2.13.